The Labute approximate surface area is 125 Å². The molecule has 1 aliphatic rings. The van der Waals surface area contributed by atoms with Crippen LogP contribution in [0.3, 0.4) is 0 Å². The van der Waals surface area contributed by atoms with E-state index in [-0.39, 0.29) is 18.2 Å². The number of para-hydroxylation sites is 1. The molecule has 1 unspecified atom stereocenters. The number of carbonyl (C=O) groups is 2. The van der Waals surface area contributed by atoms with Crippen molar-refractivity contribution in [2.45, 2.75) is 25.7 Å². The molecule has 1 saturated heterocycles. The van der Waals surface area contributed by atoms with Gasteiger partial charge in [-0.2, -0.15) is 0 Å². The predicted molar refractivity (Wildman–Crippen MR) is 83.1 cm³/mol. The van der Waals surface area contributed by atoms with Crippen LogP contribution in [-0.2, 0) is 16.0 Å². The Morgan fingerprint density at radius 2 is 2.10 bits per heavy atom. The standard InChI is InChI=1S/C16H23N3O2/c1-17-15(20)10-13-6-2-3-7-14(13)19-16(21)9-12-5-4-8-18-11-12/h2-3,6-7,12,18H,4-5,8-11H2,1H3,(H,17,20)(H,19,21). The summed E-state index contributed by atoms with van der Waals surface area (Å²) < 4.78 is 0. The van der Waals surface area contributed by atoms with Gasteiger partial charge in [-0.05, 0) is 43.5 Å². The van der Waals surface area contributed by atoms with Gasteiger partial charge in [-0.25, -0.2) is 0 Å². The van der Waals surface area contributed by atoms with Gasteiger partial charge in [0.25, 0.3) is 0 Å². The van der Waals surface area contributed by atoms with E-state index in [0.29, 0.717) is 12.3 Å². The smallest absolute Gasteiger partial charge is 0.224 e. The van der Waals surface area contributed by atoms with Crippen LogP contribution in [0.2, 0.25) is 0 Å². The summed E-state index contributed by atoms with van der Waals surface area (Å²) in [5.74, 6) is 0.367. The van der Waals surface area contributed by atoms with Gasteiger partial charge in [-0.1, -0.05) is 18.2 Å². The van der Waals surface area contributed by atoms with Crippen molar-refractivity contribution in [1.82, 2.24) is 10.6 Å². The fourth-order valence-electron chi connectivity index (χ4n) is 2.62. The maximum Gasteiger partial charge on any atom is 0.224 e. The predicted octanol–water partition coefficient (Wildman–Crippen LogP) is 1.30. The normalized spacial score (nSPS) is 18.0. The molecule has 5 heteroatoms. The summed E-state index contributed by atoms with van der Waals surface area (Å²) in [6.07, 6.45) is 3.03. The van der Waals surface area contributed by atoms with Crippen LogP contribution >= 0.6 is 0 Å². The summed E-state index contributed by atoms with van der Waals surface area (Å²) in [6, 6.07) is 7.45. The van der Waals surface area contributed by atoms with Crippen molar-refractivity contribution in [1.29, 1.82) is 0 Å². The van der Waals surface area contributed by atoms with Gasteiger partial charge in [0.05, 0.1) is 6.42 Å². The molecule has 1 aromatic rings. The molecule has 21 heavy (non-hydrogen) atoms. The molecular weight excluding hydrogens is 266 g/mol. The molecule has 2 rings (SSSR count). The molecule has 0 spiro atoms. The largest absolute Gasteiger partial charge is 0.359 e. The number of benzene rings is 1. The number of nitrogens with one attached hydrogen (secondary N) is 3. The number of hydrogen-bond donors (Lipinski definition) is 3. The van der Waals surface area contributed by atoms with Crippen LogP contribution in [0.15, 0.2) is 24.3 Å². The summed E-state index contributed by atoms with van der Waals surface area (Å²) in [5, 5.41) is 8.86. The number of rotatable bonds is 5. The quantitative estimate of drug-likeness (QED) is 0.765. The molecule has 1 heterocycles. The molecular formula is C16H23N3O2. The Balaban J connectivity index is 1.94. The summed E-state index contributed by atoms with van der Waals surface area (Å²) in [4.78, 5) is 23.7. The SMILES string of the molecule is CNC(=O)Cc1ccccc1NC(=O)CC1CCCNC1. The Kier molecular flexibility index (Phi) is 5.75. The summed E-state index contributed by atoms with van der Waals surface area (Å²) in [5.41, 5.74) is 1.57. The average Bonchev–Trinajstić information content (AvgIpc) is 2.50. The van der Waals surface area contributed by atoms with Crippen LogP contribution in [-0.4, -0.2) is 32.0 Å². The maximum absolute atomic E-state index is 12.1. The molecule has 0 aromatic heterocycles. The zero-order valence-electron chi connectivity index (χ0n) is 12.4. The molecule has 1 fully saturated rings. The fraction of sp³-hybridized carbons (Fsp3) is 0.500. The molecule has 0 bridgehead atoms. The molecule has 114 valence electrons. The van der Waals surface area contributed by atoms with E-state index in [9.17, 15) is 9.59 Å². The van der Waals surface area contributed by atoms with Crippen molar-refractivity contribution >= 4 is 17.5 Å². The zero-order valence-corrected chi connectivity index (χ0v) is 12.4. The molecule has 0 saturated carbocycles. The van der Waals surface area contributed by atoms with Gasteiger partial charge in [-0.3, -0.25) is 9.59 Å². The van der Waals surface area contributed by atoms with Gasteiger partial charge in [0.1, 0.15) is 0 Å². The van der Waals surface area contributed by atoms with Gasteiger partial charge in [0, 0.05) is 19.2 Å². The third kappa shape index (κ3) is 4.86. The Morgan fingerprint density at radius 1 is 1.29 bits per heavy atom. The van der Waals surface area contributed by atoms with E-state index in [1.165, 1.54) is 0 Å². The first-order chi connectivity index (χ1) is 10.2. The van der Waals surface area contributed by atoms with Crippen molar-refractivity contribution in [2.24, 2.45) is 5.92 Å². The lowest BCUT2D eigenvalue weighted by atomic mass is 9.96. The highest BCUT2D eigenvalue weighted by Gasteiger charge is 2.17. The minimum atomic E-state index is -0.0619. The molecule has 1 aromatic carbocycles. The van der Waals surface area contributed by atoms with Gasteiger partial charge < -0.3 is 16.0 Å². The van der Waals surface area contributed by atoms with Gasteiger partial charge in [0.15, 0.2) is 0 Å². The number of carbonyl (C=O) groups excluding carboxylic acids is 2. The van der Waals surface area contributed by atoms with E-state index in [4.69, 9.17) is 0 Å². The van der Waals surface area contributed by atoms with Crippen LogP contribution < -0.4 is 16.0 Å². The first-order valence-corrected chi connectivity index (χ1v) is 7.48. The van der Waals surface area contributed by atoms with Gasteiger partial charge in [0.2, 0.25) is 11.8 Å². The third-order valence-electron chi connectivity index (χ3n) is 3.79. The van der Waals surface area contributed by atoms with E-state index in [0.717, 1.165) is 37.2 Å². The van der Waals surface area contributed by atoms with E-state index in [1.807, 2.05) is 24.3 Å². The van der Waals surface area contributed by atoms with Crippen LogP contribution in [0.25, 0.3) is 0 Å². The van der Waals surface area contributed by atoms with Crippen LogP contribution in [0.5, 0.6) is 0 Å². The fourth-order valence-corrected chi connectivity index (χ4v) is 2.62. The van der Waals surface area contributed by atoms with Crippen LogP contribution in [0.1, 0.15) is 24.8 Å². The lowest BCUT2D eigenvalue weighted by Crippen LogP contribution is -2.32. The lowest BCUT2D eigenvalue weighted by Gasteiger charge is -2.22. The molecule has 5 nitrogen and oxygen atoms in total. The van der Waals surface area contributed by atoms with Crippen molar-refractivity contribution in [3.8, 4) is 0 Å². The minimum absolute atomic E-state index is 0.0213. The van der Waals surface area contributed by atoms with Crippen molar-refractivity contribution in [2.75, 3.05) is 25.5 Å². The number of hydrogen-bond acceptors (Lipinski definition) is 3. The highest BCUT2D eigenvalue weighted by Crippen LogP contribution is 2.19. The second-order valence-corrected chi connectivity index (χ2v) is 5.47. The minimum Gasteiger partial charge on any atom is -0.359 e. The Hall–Kier alpha value is -1.88. The Morgan fingerprint density at radius 3 is 2.81 bits per heavy atom. The summed E-state index contributed by atoms with van der Waals surface area (Å²) in [6.45, 7) is 1.96. The highest BCUT2D eigenvalue weighted by atomic mass is 16.2. The highest BCUT2D eigenvalue weighted by molar-refractivity contribution is 5.92. The molecule has 0 aliphatic carbocycles. The second kappa shape index (κ2) is 7.78. The third-order valence-corrected chi connectivity index (χ3v) is 3.79. The van der Waals surface area contributed by atoms with Gasteiger partial charge >= 0.3 is 0 Å². The average molecular weight is 289 g/mol. The van der Waals surface area contributed by atoms with E-state index >= 15 is 0 Å². The molecule has 2 amide bonds. The summed E-state index contributed by atoms with van der Waals surface area (Å²) in [7, 11) is 1.61. The lowest BCUT2D eigenvalue weighted by molar-refractivity contribution is -0.120. The Bertz CT molecular complexity index is 496. The van der Waals surface area contributed by atoms with Crippen LogP contribution in [0.4, 0.5) is 5.69 Å². The molecule has 1 atom stereocenters. The van der Waals surface area contributed by atoms with E-state index < -0.39 is 0 Å². The number of amides is 2. The molecule has 0 radical (unpaired) electrons. The zero-order chi connectivity index (χ0) is 15.1. The number of anilines is 1. The second-order valence-electron chi connectivity index (χ2n) is 5.47. The number of piperidine rings is 1. The monoisotopic (exact) mass is 289 g/mol. The first-order valence-electron chi connectivity index (χ1n) is 7.48. The number of likely N-dealkylation sites (N-methyl/N-ethyl adjacent to an activating group) is 1. The first kappa shape index (κ1) is 15.5. The van der Waals surface area contributed by atoms with Crippen molar-refractivity contribution < 1.29 is 9.59 Å². The van der Waals surface area contributed by atoms with Gasteiger partial charge in [-0.15, -0.1) is 0 Å². The molecule has 3 N–H and O–H groups in total. The maximum atomic E-state index is 12.1. The van der Waals surface area contributed by atoms with Crippen molar-refractivity contribution in [3.05, 3.63) is 29.8 Å². The van der Waals surface area contributed by atoms with Crippen LogP contribution in [0, 0.1) is 5.92 Å². The van der Waals surface area contributed by atoms with E-state index in [1.54, 1.807) is 7.05 Å². The van der Waals surface area contributed by atoms with Crippen molar-refractivity contribution in [3.63, 3.8) is 0 Å². The molecule has 1 aliphatic heterocycles. The topological polar surface area (TPSA) is 70.2 Å². The van der Waals surface area contributed by atoms with E-state index in [2.05, 4.69) is 16.0 Å². The summed E-state index contributed by atoms with van der Waals surface area (Å²) >= 11 is 0.